The lowest BCUT2D eigenvalue weighted by Crippen LogP contribution is -2.47. The van der Waals surface area contributed by atoms with Gasteiger partial charge in [-0.15, -0.1) is 0 Å². The summed E-state index contributed by atoms with van der Waals surface area (Å²) in [6.07, 6.45) is 6.27. The number of imidazole rings is 1. The molecule has 1 amide bonds. The van der Waals surface area contributed by atoms with Crippen molar-refractivity contribution in [1.82, 2.24) is 19.3 Å². The van der Waals surface area contributed by atoms with E-state index in [4.69, 9.17) is 16.6 Å². The Balaban J connectivity index is 1.71. The number of anilines is 1. The first-order valence-electron chi connectivity index (χ1n) is 13.1. The molecule has 1 atom stereocenters. The average Bonchev–Trinajstić information content (AvgIpc) is 3.52. The van der Waals surface area contributed by atoms with E-state index in [-0.39, 0.29) is 23.8 Å². The van der Waals surface area contributed by atoms with Gasteiger partial charge in [0.2, 0.25) is 11.7 Å². The summed E-state index contributed by atoms with van der Waals surface area (Å²) in [5.74, 6) is 1.04. The zero-order valence-electron chi connectivity index (χ0n) is 22.1. The van der Waals surface area contributed by atoms with Gasteiger partial charge in [0.15, 0.2) is 5.78 Å². The van der Waals surface area contributed by atoms with Crippen LogP contribution < -0.4 is 15.8 Å². The molecule has 2 aromatic heterocycles. The lowest BCUT2D eigenvalue weighted by atomic mass is 9.91. The highest BCUT2D eigenvalue weighted by atomic mass is 35.5. The van der Waals surface area contributed by atoms with E-state index in [9.17, 15) is 14.4 Å². The number of benzene rings is 1. The zero-order chi connectivity index (χ0) is 26.7. The van der Waals surface area contributed by atoms with Gasteiger partial charge in [-0.3, -0.25) is 23.4 Å². The van der Waals surface area contributed by atoms with Gasteiger partial charge in [-0.1, -0.05) is 64.3 Å². The van der Waals surface area contributed by atoms with Crippen LogP contribution in [0.2, 0.25) is 5.02 Å². The maximum Gasteiger partial charge on any atom is 0.261 e. The molecule has 9 heteroatoms. The zero-order valence-corrected chi connectivity index (χ0v) is 22.8. The summed E-state index contributed by atoms with van der Waals surface area (Å²) in [5, 5.41) is 3.47. The van der Waals surface area contributed by atoms with Crippen LogP contribution in [0, 0.1) is 5.41 Å². The topological polar surface area (TPSA) is 88.7 Å². The van der Waals surface area contributed by atoms with E-state index in [0.29, 0.717) is 41.8 Å². The second-order valence-corrected chi connectivity index (χ2v) is 11.2. The lowest BCUT2D eigenvalue weighted by Gasteiger charge is -2.29. The molecule has 0 saturated carbocycles. The van der Waals surface area contributed by atoms with Crippen molar-refractivity contribution in [3.63, 3.8) is 0 Å². The Labute approximate surface area is 222 Å². The van der Waals surface area contributed by atoms with E-state index in [1.165, 1.54) is 0 Å². The predicted octanol–water partition coefficient (Wildman–Crippen LogP) is 4.71. The number of aromatic nitrogens is 3. The molecule has 1 N–H and O–H groups in total. The summed E-state index contributed by atoms with van der Waals surface area (Å²) in [4.78, 5) is 45.7. The molecule has 3 aromatic rings. The van der Waals surface area contributed by atoms with E-state index < -0.39 is 11.5 Å². The summed E-state index contributed by atoms with van der Waals surface area (Å²) in [5.41, 5.74) is 0.844. The molecule has 37 heavy (non-hydrogen) atoms. The first-order valence-corrected chi connectivity index (χ1v) is 13.4. The number of rotatable bonds is 9. The molecule has 0 aliphatic carbocycles. The van der Waals surface area contributed by atoms with Gasteiger partial charge in [-0.05, 0) is 31.4 Å². The van der Waals surface area contributed by atoms with Gasteiger partial charge in [0.05, 0.1) is 12.2 Å². The van der Waals surface area contributed by atoms with Crippen molar-refractivity contribution in [1.29, 1.82) is 0 Å². The number of Topliss-reactive ketones (excluding diaryl/α,β-unsaturated/α-hetero) is 1. The predicted molar refractivity (Wildman–Crippen MR) is 147 cm³/mol. The highest BCUT2D eigenvalue weighted by molar-refractivity contribution is 6.30. The number of nitrogens with zero attached hydrogens (tertiary/aromatic N) is 4. The molecule has 8 nitrogen and oxygen atoms in total. The van der Waals surface area contributed by atoms with Crippen LogP contribution in [0.1, 0.15) is 59.8 Å². The molecule has 1 saturated heterocycles. The van der Waals surface area contributed by atoms with E-state index in [1.807, 2.05) is 37.8 Å². The summed E-state index contributed by atoms with van der Waals surface area (Å²) in [6, 6.07) is 8.54. The van der Waals surface area contributed by atoms with Gasteiger partial charge in [0.25, 0.3) is 5.56 Å². The van der Waals surface area contributed by atoms with Gasteiger partial charge >= 0.3 is 0 Å². The largest absolute Gasteiger partial charge is 0.347 e. The quantitative estimate of drug-likeness (QED) is 0.409. The minimum absolute atomic E-state index is 0.000274. The molecule has 0 spiro atoms. The number of amides is 1. The molecular formula is C28H36ClN5O3. The Hall–Kier alpha value is -3.13. The summed E-state index contributed by atoms with van der Waals surface area (Å²) < 4.78 is 3.63. The summed E-state index contributed by atoms with van der Waals surface area (Å²) in [6.45, 7) is 9.01. The fraction of sp³-hybridized carbons (Fsp3) is 0.500. The Morgan fingerprint density at radius 2 is 1.89 bits per heavy atom. The van der Waals surface area contributed by atoms with Gasteiger partial charge in [-0.2, -0.15) is 0 Å². The first-order chi connectivity index (χ1) is 17.6. The molecule has 0 unspecified atom stereocenters. The normalized spacial score (nSPS) is 15.9. The van der Waals surface area contributed by atoms with E-state index in [1.54, 1.807) is 28.8 Å². The standard InChI is InChI=1S/C28H36ClN5O3/c1-5-6-7-14-33-24(32-15-8-9-22(32)26(37)30-17-23(35)28(2,3)4)16-25(36)34-18-21(31-27(33)34)19-10-12-20(29)13-11-19/h10-13,16,18,22H,5-9,14-15,17H2,1-4H3,(H,30,37)/t22-/m0/s1. The van der Waals surface area contributed by atoms with E-state index >= 15 is 0 Å². The van der Waals surface area contributed by atoms with Crippen LogP contribution in [0.15, 0.2) is 41.3 Å². The molecule has 3 heterocycles. The van der Waals surface area contributed by atoms with Crippen molar-refractivity contribution in [2.45, 2.75) is 72.4 Å². The maximum absolute atomic E-state index is 13.3. The number of halogens is 1. The highest BCUT2D eigenvalue weighted by Gasteiger charge is 2.34. The number of hydrogen-bond acceptors (Lipinski definition) is 5. The molecular weight excluding hydrogens is 490 g/mol. The first kappa shape index (κ1) is 26.9. The second-order valence-electron chi connectivity index (χ2n) is 10.7. The number of carbonyl (C=O) groups excluding carboxylic acids is 2. The Morgan fingerprint density at radius 1 is 1.16 bits per heavy atom. The monoisotopic (exact) mass is 525 g/mol. The minimum Gasteiger partial charge on any atom is -0.347 e. The summed E-state index contributed by atoms with van der Waals surface area (Å²) in [7, 11) is 0. The van der Waals surface area contributed by atoms with E-state index in [0.717, 1.165) is 31.2 Å². The lowest BCUT2D eigenvalue weighted by molar-refractivity contribution is -0.129. The number of fused-ring (bicyclic) bond motifs is 1. The molecule has 1 aliphatic heterocycles. The van der Waals surface area contributed by atoms with Crippen LogP contribution in [0.4, 0.5) is 5.82 Å². The van der Waals surface area contributed by atoms with Gasteiger partial charge in [0.1, 0.15) is 11.9 Å². The molecule has 0 bridgehead atoms. The highest BCUT2D eigenvalue weighted by Crippen LogP contribution is 2.28. The number of unbranched alkanes of at least 4 members (excludes halogenated alkanes) is 2. The molecule has 198 valence electrons. The molecule has 0 radical (unpaired) electrons. The number of hydrogen-bond donors (Lipinski definition) is 1. The number of carbonyl (C=O) groups is 2. The molecule has 4 rings (SSSR count). The second kappa shape index (κ2) is 11.1. The van der Waals surface area contributed by atoms with Gasteiger partial charge < -0.3 is 10.2 Å². The van der Waals surface area contributed by atoms with E-state index in [2.05, 4.69) is 16.8 Å². The van der Waals surface area contributed by atoms with Crippen LogP contribution in [-0.2, 0) is 16.1 Å². The van der Waals surface area contributed by atoms with Crippen molar-refractivity contribution in [3.8, 4) is 11.3 Å². The SMILES string of the molecule is CCCCCn1c(N2CCC[C@H]2C(=O)NCC(=O)C(C)(C)C)cc(=O)n2cc(-c3ccc(Cl)cc3)nc12. The van der Waals surface area contributed by atoms with Crippen molar-refractivity contribution in [3.05, 3.63) is 51.9 Å². The van der Waals surface area contributed by atoms with Gasteiger partial charge in [0, 0.05) is 41.4 Å². The molecule has 1 aromatic carbocycles. The van der Waals surface area contributed by atoms with Crippen LogP contribution in [0.25, 0.3) is 17.0 Å². The average molecular weight is 526 g/mol. The molecule has 1 fully saturated rings. The van der Waals surface area contributed by atoms with Crippen molar-refractivity contribution >= 4 is 34.9 Å². The third kappa shape index (κ3) is 5.90. The Bertz CT molecular complexity index is 1340. The van der Waals surface area contributed by atoms with Crippen molar-refractivity contribution in [2.75, 3.05) is 18.0 Å². The maximum atomic E-state index is 13.3. The number of ketones is 1. The number of aryl methyl sites for hydroxylation is 1. The smallest absolute Gasteiger partial charge is 0.261 e. The fourth-order valence-electron chi connectivity index (χ4n) is 4.68. The van der Waals surface area contributed by atoms with Crippen LogP contribution in [0.3, 0.4) is 0 Å². The van der Waals surface area contributed by atoms with Crippen molar-refractivity contribution < 1.29 is 9.59 Å². The fourth-order valence-corrected chi connectivity index (χ4v) is 4.81. The third-order valence-electron chi connectivity index (χ3n) is 6.93. The van der Waals surface area contributed by atoms with Crippen LogP contribution in [-0.4, -0.2) is 44.8 Å². The molecule has 1 aliphatic rings. The third-order valence-corrected chi connectivity index (χ3v) is 7.18. The van der Waals surface area contributed by atoms with Crippen LogP contribution >= 0.6 is 11.6 Å². The number of nitrogens with one attached hydrogen (secondary N) is 1. The van der Waals surface area contributed by atoms with Gasteiger partial charge in [-0.25, -0.2) is 4.98 Å². The Morgan fingerprint density at radius 3 is 2.57 bits per heavy atom. The Kier molecular flexibility index (Phi) is 8.07. The summed E-state index contributed by atoms with van der Waals surface area (Å²) >= 11 is 6.06. The van der Waals surface area contributed by atoms with Crippen LogP contribution in [0.5, 0.6) is 0 Å². The minimum atomic E-state index is -0.518. The van der Waals surface area contributed by atoms with Crippen molar-refractivity contribution in [2.24, 2.45) is 5.41 Å².